The summed E-state index contributed by atoms with van der Waals surface area (Å²) in [5, 5.41) is -0.130. The summed E-state index contributed by atoms with van der Waals surface area (Å²) in [4.78, 5) is 24.2. The maximum absolute atomic E-state index is 13.0. The number of benzene rings is 1. The highest BCUT2D eigenvalue weighted by molar-refractivity contribution is 6.31. The molecule has 0 N–H and O–H groups in total. The van der Waals surface area contributed by atoms with Gasteiger partial charge in [0.15, 0.2) is 0 Å². The fourth-order valence-electron chi connectivity index (χ4n) is 2.00. The number of imide groups is 1. The summed E-state index contributed by atoms with van der Waals surface area (Å²) in [5.41, 5.74) is -1.63. The molecule has 1 aromatic carbocycles. The van der Waals surface area contributed by atoms with Gasteiger partial charge in [-0.05, 0) is 18.2 Å². The highest BCUT2D eigenvalue weighted by Crippen LogP contribution is 2.40. The molecule has 0 spiro atoms. The maximum Gasteiger partial charge on any atom is 0.418 e. The zero-order valence-corrected chi connectivity index (χ0v) is 11.4. The number of rotatable bonds is 2. The number of carbonyl (C=O) groups excluding carboxylic acids is 2. The molecule has 8 heteroatoms. The van der Waals surface area contributed by atoms with E-state index in [-0.39, 0.29) is 17.3 Å². The third-order valence-corrected chi connectivity index (χ3v) is 3.54. The van der Waals surface area contributed by atoms with Crippen molar-refractivity contribution < 1.29 is 22.8 Å². The Morgan fingerprint density at radius 2 is 1.95 bits per heavy atom. The van der Waals surface area contributed by atoms with Gasteiger partial charge in [0.1, 0.15) is 0 Å². The molecule has 1 aromatic rings. The molecule has 0 aliphatic carbocycles. The summed E-state index contributed by atoms with van der Waals surface area (Å²) in [7, 11) is 0. The lowest BCUT2D eigenvalue weighted by molar-refractivity contribution is -0.137. The van der Waals surface area contributed by atoms with Gasteiger partial charge in [-0.2, -0.15) is 13.2 Å². The predicted octanol–water partition coefficient (Wildman–Crippen LogP) is 3.48. The van der Waals surface area contributed by atoms with Gasteiger partial charge in [0.25, 0.3) is 0 Å². The highest BCUT2D eigenvalue weighted by atomic mass is 35.5. The molecular formula is C12H8Cl2F3NO2. The number of alkyl halides is 4. The molecule has 0 bridgehead atoms. The maximum atomic E-state index is 13.0. The molecule has 0 aromatic heterocycles. The molecule has 2 amide bonds. The minimum absolute atomic E-state index is 0.115. The molecule has 1 saturated heterocycles. The first-order valence-corrected chi connectivity index (χ1v) is 6.46. The van der Waals surface area contributed by atoms with Gasteiger partial charge in [0, 0.05) is 17.3 Å². The van der Waals surface area contributed by atoms with E-state index in [1.54, 1.807) is 0 Å². The molecule has 1 aliphatic heterocycles. The Hall–Kier alpha value is -1.27. The van der Waals surface area contributed by atoms with E-state index in [9.17, 15) is 22.8 Å². The molecule has 1 heterocycles. The van der Waals surface area contributed by atoms with Crippen molar-refractivity contribution in [2.75, 3.05) is 10.8 Å². The van der Waals surface area contributed by atoms with Crippen LogP contribution in [0, 0.1) is 5.92 Å². The smallest absolute Gasteiger partial charge is 0.274 e. The molecule has 1 unspecified atom stereocenters. The lowest BCUT2D eigenvalue weighted by Gasteiger charge is -2.20. The Labute approximate surface area is 122 Å². The van der Waals surface area contributed by atoms with E-state index >= 15 is 0 Å². The van der Waals surface area contributed by atoms with E-state index in [1.165, 1.54) is 6.07 Å². The average molecular weight is 326 g/mol. The largest absolute Gasteiger partial charge is 0.418 e. The summed E-state index contributed by atoms with van der Waals surface area (Å²) >= 11 is 11.1. The zero-order chi connectivity index (χ0) is 15.1. The van der Waals surface area contributed by atoms with Gasteiger partial charge in [0.2, 0.25) is 11.8 Å². The van der Waals surface area contributed by atoms with Crippen LogP contribution >= 0.6 is 23.2 Å². The number of hydrogen-bond donors (Lipinski definition) is 0. The van der Waals surface area contributed by atoms with Gasteiger partial charge in [-0.3, -0.25) is 9.59 Å². The number of hydrogen-bond acceptors (Lipinski definition) is 2. The van der Waals surface area contributed by atoms with Crippen molar-refractivity contribution in [3.63, 3.8) is 0 Å². The van der Waals surface area contributed by atoms with Crippen molar-refractivity contribution in [1.82, 2.24) is 0 Å². The molecule has 2 rings (SSSR count). The van der Waals surface area contributed by atoms with Crippen LogP contribution in [0.2, 0.25) is 5.02 Å². The summed E-state index contributed by atoms with van der Waals surface area (Å²) < 4.78 is 38.9. The predicted molar refractivity (Wildman–Crippen MR) is 67.8 cm³/mol. The van der Waals surface area contributed by atoms with Crippen LogP contribution in [-0.2, 0) is 15.8 Å². The Morgan fingerprint density at radius 1 is 1.30 bits per heavy atom. The van der Waals surface area contributed by atoms with Crippen molar-refractivity contribution in [1.29, 1.82) is 0 Å². The molecular weight excluding hydrogens is 318 g/mol. The monoisotopic (exact) mass is 325 g/mol. The zero-order valence-electron chi connectivity index (χ0n) is 9.88. The first-order valence-electron chi connectivity index (χ1n) is 5.55. The molecule has 0 saturated carbocycles. The van der Waals surface area contributed by atoms with Gasteiger partial charge < -0.3 is 0 Å². The quantitative estimate of drug-likeness (QED) is 0.616. The summed E-state index contributed by atoms with van der Waals surface area (Å²) in [6.45, 7) is 0. The van der Waals surface area contributed by atoms with Crippen molar-refractivity contribution in [2.24, 2.45) is 5.92 Å². The molecule has 1 aliphatic rings. The minimum Gasteiger partial charge on any atom is -0.274 e. The van der Waals surface area contributed by atoms with Gasteiger partial charge >= 0.3 is 6.18 Å². The number of amides is 2. The van der Waals surface area contributed by atoms with Crippen LogP contribution in [-0.4, -0.2) is 17.7 Å². The van der Waals surface area contributed by atoms with E-state index < -0.39 is 35.2 Å². The van der Waals surface area contributed by atoms with Crippen LogP contribution in [0.3, 0.4) is 0 Å². The van der Waals surface area contributed by atoms with E-state index in [2.05, 4.69) is 0 Å². The van der Waals surface area contributed by atoms with E-state index in [0.717, 1.165) is 6.07 Å². The second-order valence-corrected chi connectivity index (χ2v) is 5.03. The Kier molecular flexibility index (Phi) is 3.97. The fraction of sp³-hybridized carbons (Fsp3) is 0.333. The van der Waals surface area contributed by atoms with Crippen LogP contribution in [0.25, 0.3) is 0 Å². The van der Waals surface area contributed by atoms with Crippen LogP contribution in [0.4, 0.5) is 18.9 Å². The Bertz CT molecular complexity index is 574. The normalized spacial score (nSPS) is 19.9. The van der Waals surface area contributed by atoms with Gasteiger partial charge in [-0.25, -0.2) is 4.90 Å². The molecule has 1 atom stereocenters. The van der Waals surface area contributed by atoms with Gasteiger partial charge in [-0.15, -0.1) is 11.6 Å². The Morgan fingerprint density at radius 3 is 2.45 bits per heavy atom. The van der Waals surface area contributed by atoms with E-state index in [4.69, 9.17) is 23.2 Å². The van der Waals surface area contributed by atoms with E-state index in [1.807, 2.05) is 0 Å². The lowest BCUT2D eigenvalue weighted by atomic mass is 10.1. The summed E-state index contributed by atoms with van der Waals surface area (Å²) in [6, 6.07) is 2.89. The summed E-state index contributed by atoms with van der Waals surface area (Å²) in [6.07, 6.45) is -4.91. The van der Waals surface area contributed by atoms with Crippen molar-refractivity contribution in [3.8, 4) is 0 Å². The number of nitrogens with zero attached hydrogens (tertiary/aromatic N) is 1. The van der Waals surface area contributed by atoms with Crippen molar-refractivity contribution in [3.05, 3.63) is 28.8 Å². The van der Waals surface area contributed by atoms with Gasteiger partial charge in [0.05, 0.1) is 17.2 Å². The second-order valence-electron chi connectivity index (χ2n) is 4.28. The minimum atomic E-state index is -4.72. The number of halogens is 5. The van der Waals surface area contributed by atoms with Crippen LogP contribution in [0.1, 0.15) is 12.0 Å². The van der Waals surface area contributed by atoms with Crippen molar-refractivity contribution in [2.45, 2.75) is 12.6 Å². The third-order valence-electron chi connectivity index (χ3n) is 2.93. The molecule has 108 valence electrons. The highest BCUT2D eigenvalue weighted by Gasteiger charge is 2.43. The van der Waals surface area contributed by atoms with Gasteiger partial charge in [-0.1, -0.05) is 11.6 Å². The first kappa shape index (κ1) is 15.1. The SMILES string of the molecule is O=C1CC(CCl)C(=O)N1c1ccc(Cl)cc1C(F)(F)F. The van der Waals surface area contributed by atoms with Crippen LogP contribution in [0.15, 0.2) is 18.2 Å². The molecule has 20 heavy (non-hydrogen) atoms. The topological polar surface area (TPSA) is 37.4 Å². The van der Waals surface area contributed by atoms with E-state index in [0.29, 0.717) is 11.0 Å². The standard InChI is InChI=1S/C12H8Cl2F3NO2/c13-5-6-3-10(19)18(11(6)20)9-2-1-7(14)4-8(9)12(15,16)17/h1-2,4,6H,3,5H2. The number of anilines is 1. The lowest BCUT2D eigenvalue weighted by Crippen LogP contribution is -2.32. The van der Waals surface area contributed by atoms with Crippen LogP contribution in [0.5, 0.6) is 0 Å². The fourth-order valence-corrected chi connectivity index (χ4v) is 2.41. The molecule has 3 nitrogen and oxygen atoms in total. The van der Waals surface area contributed by atoms with Crippen LogP contribution < -0.4 is 4.90 Å². The summed E-state index contributed by atoms with van der Waals surface area (Å²) in [5.74, 6) is -2.33. The third kappa shape index (κ3) is 2.62. The first-order chi connectivity index (χ1) is 9.25. The molecule has 0 radical (unpaired) electrons. The second kappa shape index (κ2) is 5.26. The molecule has 1 fully saturated rings. The average Bonchev–Trinajstić information content (AvgIpc) is 2.64. The number of carbonyl (C=O) groups is 2. The Balaban J connectivity index is 2.53. The van der Waals surface area contributed by atoms with Crippen molar-refractivity contribution >= 4 is 40.7 Å².